The summed E-state index contributed by atoms with van der Waals surface area (Å²) in [6.07, 6.45) is -4.49. The van der Waals surface area contributed by atoms with Gasteiger partial charge in [-0.25, -0.2) is 0 Å². The fourth-order valence-electron chi connectivity index (χ4n) is 2.00. The summed E-state index contributed by atoms with van der Waals surface area (Å²) in [6, 6.07) is 8.08. The van der Waals surface area contributed by atoms with E-state index in [2.05, 4.69) is 0 Å². The summed E-state index contributed by atoms with van der Waals surface area (Å²) in [4.78, 5) is 0. The molecule has 0 aliphatic heterocycles. The molecule has 2 aromatic carbocycles. The molecule has 0 heterocycles. The van der Waals surface area contributed by atoms with Gasteiger partial charge in [-0.1, -0.05) is 6.07 Å². The molecule has 1 N–H and O–H groups in total. The fraction of sp³-hybridized carbons (Fsp3) is 0.200. The average Bonchev–Trinajstić information content (AvgIpc) is 2.37. The van der Waals surface area contributed by atoms with Crippen LogP contribution in [0.5, 0.6) is 11.5 Å². The molecular formula is C15H13F3O2. The van der Waals surface area contributed by atoms with Gasteiger partial charge in [-0.2, -0.15) is 13.2 Å². The van der Waals surface area contributed by atoms with E-state index in [-0.39, 0.29) is 0 Å². The summed E-state index contributed by atoms with van der Waals surface area (Å²) in [5.41, 5.74) is 0.829. The van der Waals surface area contributed by atoms with Gasteiger partial charge in [0.05, 0.1) is 12.7 Å². The number of ether oxygens (including phenoxy) is 1. The van der Waals surface area contributed by atoms with Gasteiger partial charge in [-0.3, -0.25) is 0 Å². The molecule has 0 aliphatic rings. The third-order valence-electron chi connectivity index (χ3n) is 2.97. The van der Waals surface area contributed by atoms with Crippen molar-refractivity contribution in [2.24, 2.45) is 0 Å². The normalized spacial score (nSPS) is 11.4. The molecule has 2 rings (SSSR count). The van der Waals surface area contributed by atoms with Crippen LogP contribution in [0.1, 0.15) is 11.1 Å². The van der Waals surface area contributed by atoms with Crippen molar-refractivity contribution in [3.05, 3.63) is 47.5 Å². The Morgan fingerprint density at radius 1 is 1.00 bits per heavy atom. The predicted octanol–water partition coefficient (Wildman–Crippen LogP) is 4.40. The average molecular weight is 282 g/mol. The molecule has 0 amide bonds. The Hall–Kier alpha value is -2.17. The molecule has 5 heteroatoms. The Balaban J connectivity index is 2.53. The largest absolute Gasteiger partial charge is 0.508 e. The molecule has 0 spiro atoms. The van der Waals surface area contributed by atoms with Gasteiger partial charge in [0, 0.05) is 0 Å². The summed E-state index contributed by atoms with van der Waals surface area (Å²) in [5, 5.41) is 9.46. The molecule has 0 saturated heterocycles. The molecule has 2 aromatic rings. The van der Waals surface area contributed by atoms with Crippen molar-refractivity contribution in [2.45, 2.75) is 13.1 Å². The van der Waals surface area contributed by atoms with E-state index >= 15 is 0 Å². The number of aromatic hydroxyl groups is 1. The van der Waals surface area contributed by atoms with Gasteiger partial charge >= 0.3 is 6.18 Å². The van der Waals surface area contributed by atoms with Crippen LogP contribution < -0.4 is 4.74 Å². The molecular weight excluding hydrogens is 269 g/mol. The molecule has 0 unspecified atom stereocenters. The van der Waals surface area contributed by atoms with Crippen molar-refractivity contribution in [3.63, 3.8) is 0 Å². The highest BCUT2D eigenvalue weighted by molar-refractivity contribution is 5.68. The molecule has 20 heavy (non-hydrogen) atoms. The first-order valence-electron chi connectivity index (χ1n) is 5.87. The maximum Gasteiger partial charge on any atom is 0.416 e. The molecule has 106 valence electrons. The van der Waals surface area contributed by atoms with E-state index in [4.69, 9.17) is 4.74 Å². The third kappa shape index (κ3) is 2.87. The number of halogens is 3. The van der Waals surface area contributed by atoms with Crippen molar-refractivity contribution in [3.8, 4) is 22.6 Å². The van der Waals surface area contributed by atoms with E-state index in [9.17, 15) is 18.3 Å². The van der Waals surface area contributed by atoms with Crippen LogP contribution in [-0.4, -0.2) is 12.2 Å². The summed E-state index contributed by atoms with van der Waals surface area (Å²) < 4.78 is 43.3. The predicted molar refractivity (Wildman–Crippen MR) is 69.8 cm³/mol. The van der Waals surface area contributed by atoms with E-state index in [1.165, 1.54) is 13.2 Å². The van der Waals surface area contributed by atoms with Gasteiger partial charge < -0.3 is 9.84 Å². The van der Waals surface area contributed by atoms with Crippen LogP contribution in [0.25, 0.3) is 11.1 Å². The van der Waals surface area contributed by atoms with E-state index in [0.29, 0.717) is 22.9 Å². The van der Waals surface area contributed by atoms with Crippen molar-refractivity contribution in [1.82, 2.24) is 0 Å². The number of methoxy groups -OCH3 is 1. The van der Waals surface area contributed by atoms with Crippen LogP contribution in [0, 0.1) is 6.92 Å². The monoisotopic (exact) mass is 282 g/mol. The van der Waals surface area contributed by atoms with Gasteiger partial charge in [-0.15, -0.1) is 0 Å². The minimum Gasteiger partial charge on any atom is -0.508 e. The van der Waals surface area contributed by atoms with E-state index < -0.39 is 17.5 Å². The maximum atomic E-state index is 12.7. The number of hydrogen-bond acceptors (Lipinski definition) is 2. The highest BCUT2D eigenvalue weighted by Gasteiger charge is 2.31. The molecule has 0 bridgehead atoms. The standard InChI is InChI=1S/C15H13F3O2/c1-9-5-10(3-4-14(9)20-2)11-6-12(15(16,17)18)8-13(19)7-11/h3-8,19H,1-2H3. The van der Waals surface area contributed by atoms with Gasteiger partial charge in [0.25, 0.3) is 0 Å². The van der Waals surface area contributed by atoms with Gasteiger partial charge in [0.15, 0.2) is 0 Å². The molecule has 0 saturated carbocycles. The van der Waals surface area contributed by atoms with E-state index in [1.807, 2.05) is 0 Å². The summed E-state index contributed by atoms with van der Waals surface area (Å²) >= 11 is 0. The zero-order valence-corrected chi connectivity index (χ0v) is 11.0. The molecule has 0 radical (unpaired) electrons. The maximum absolute atomic E-state index is 12.7. The second-order valence-corrected chi connectivity index (χ2v) is 4.45. The van der Waals surface area contributed by atoms with Crippen molar-refractivity contribution in [1.29, 1.82) is 0 Å². The SMILES string of the molecule is COc1ccc(-c2cc(O)cc(C(F)(F)F)c2)cc1C. The first-order valence-corrected chi connectivity index (χ1v) is 5.87. The first kappa shape index (κ1) is 14.2. The number of hydrogen-bond donors (Lipinski definition) is 1. The number of phenols is 1. The first-order chi connectivity index (χ1) is 9.31. The van der Waals surface area contributed by atoms with Crippen LogP contribution >= 0.6 is 0 Å². The van der Waals surface area contributed by atoms with Gasteiger partial charge in [0.1, 0.15) is 11.5 Å². The third-order valence-corrected chi connectivity index (χ3v) is 2.97. The highest BCUT2D eigenvalue weighted by atomic mass is 19.4. The minimum atomic E-state index is -4.49. The Morgan fingerprint density at radius 3 is 2.25 bits per heavy atom. The highest BCUT2D eigenvalue weighted by Crippen LogP contribution is 2.36. The summed E-state index contributed by atoms with van der Waals surface area (Å²) in [6.45, 7) is 1.80. The summed E-state index contributed by atoms with van der Waals surface area (Å²) in [5.74, 6) is 0.244. The summed E-state index contributed by atoms with van der Waals surface area (Å²) in [7, 11) is 1.53. The smallest absolute Gasteiger partial charge is 0.416 e. The Morgan fingerprint density at radius 2 is 1.70 bits per heavy atom. The number of benzene rings is 2. The Bertz CT molecular complexity index is 634. The molecule has 0 fully saturated rings. The lowest BCUT2D eigenvalue weighted by molar-refractivity contribution is -0.137. The number of aryl methyl sites for hydroxylation is 1. The van der Waals surface area contributed by atoms with Crippen LogP contribution in [0.15, 0.2) is 36.4 Å². The lowest BCUT2D eigenvalue weighted by atomic mass is 10.0. The second kappa shape index (κ2) is 5.07. The van der Waals surface area contributed by atoms with Crippen LogP contribution in [-0.2, 0) is 6.18 Å². The topological polar surface area (TPSA) is 29.5 Å². The molecule has 2 nitrogen and oxygen atoms in total. The van der Waals surface area contributed by atoms with Crippen LogP contribution in [0.4, 0.5) is 13.2 Å². The Labute approximate surface area is 114 Å². The second-order valence-electron chi connectivity index (χ2n) is 4.45. The van der Waals surface area contributed by atoms with Crippen molar-refractivity contribution < 1.29 is 23.0 Å². The fourth-order valence-corrected chi connectivity index (χ4v) is 2.00. The lowest BCUT2D eigenvalue weighted by Gasteiger charge is -2.11. The van der Waals surface area contributed by atoms with Gasteiger partial charge in [0.2, 0.25) is 0 Å². The number of alkyl halides is 3. The molecule has 0 atom stereocenters. The van der Waals surface area contributed by atoms with Crippen LogP contribution in [0.2, 0.25) is 0 Å². The Kier molecular flexibility index (Phi) is 3.61. The lowest BCUT2D eigenvalue weighted by Crippen LogP contribution is -2.04. The van der Waals surface area contributed by atoms with E-state index in [0.717, 1.165) is 11.6 Å². The molecule has 0 aliphatic carbocycles. The van der Waals surface area contributed by atoms with Gasteiger partial charge in [-0.05, 0) is 53.9 Å². The zero-order valence-electron chi connectivity index (χ0n) is 11.0. The van der Waals surface area contributed by atoms with Crippen molar-refractivity contribution in [2.75, 3.05) is 7.11 Å². The number of rotatable bonds is 2. The van der Waals surface area contributed by atoms with E-state index in [1.54, 1.807) is 25.1 Å². The number of phenolic OH excluding ortho intramolecular Hbond substituents is 1. The quantitative estimate of drug-likeness (QED) is 0.885. The minimum absolute atomic E-state index is 0.308. The zero-order chi connectivity index (χ0) is 14.9. The van der Waals surface area contributed by atoms with Crippen LogP contribution in [0.3, 0.4) is 0 Å². The van der Waals surface area contributed by atoms with Crippen molar-refractivity contribution >= 4 is 0 Å². The molecule has 0 aromatic heterocycles.